The number of nitrogens with zero attached hydrogens (tertiary/aromatic N) is 4. The van der Waals surface area contributed by atoms with Crippen LogP contribution in [0.2, 0.25) is 5.02 Å². The number of hydrogen-bond acceptors (Lipinski definition) is 6. The molecule has 0 radical (unpaired) electrons. The summed E-state index contributed by atoms with van der Waals surface area (Å²) in [6, 6.07) is 12.9. The van der Waals surface area contributed by atoms with E-state index in [0.29, 0.717) is 48.3 Å². The van der Waals surface area contributed by atoms with Gasteiger partial charge in [-0.2, -0.15) is 14.1 Å². The normalized spacial score (nSPS) is 16.6. The highest BCUT2D eigenvalue weighted by Gasteiger charge is 2.31. The molecule has 0 atom stereocenters. The number of benzene rings is 2. The summed E-state index contributed by atoms with van der Waals surface area (Å²) in [6.07, 6.45) is 5.99. The quantitative estimate of drug-likeness (QED) is 0.458. The van der Waals surface area contributed by atoms with E-state index in [1.54, 1.807) is 44.3 Å². The molecule has 1 aliphatic heterocycles. The Labute approximate surface area is 222 Å². The molecule has 3 aromatic rings. The number of rotatable bonds is 6. The van der Waals surface area contributed by atoms with Crippen LogP contribution in [-0.2, 0) is 22.9 Å². The van der Waals surface area contributed by atoms with Crippen LogP contribution in [0, 0.1) is 0 Å². The van der Waals surface area contributed by atoms with Crippen molar-refractivity contribution in [3.05, 3.63) is 75.2 Å². The SMILES string of the molecule is CC(C)S(=O)(=O)N1CCN(c2cnn(-c3cccc(Cl)c3)c(=O)c2Oc2ccc3c(c2)CCCC3)CC1. The van der Waals surface area contributed by atoms with Gasteiger partial charge in [-0.1, -0.05) is 23.7 Å². The lowest BCUT2D eigenvalue weighted by atomic mass is 9.92. The van der Waals surface area contributed by atoms with E-state index < -0.39 is 20.8 Å². The van der Waals surface area contributed by atoms with Gasteiger partial charge in [0.05, 0.1) is 17.1 Å². The van der Waals surface area contributed by atoms with Crippen LogP contribution in [-0.4, -0.2) is 53.9 Å². The molecular weight excluding hydrogens is 512 g/mol. The zero-order valence-electron chi connectivity index (χ0n) is 21.1. The summed E-state index contributed by atoms with van der Waals surface area (Å²) in [6.45, 7) is 4.88. The van der Waals surface area contributed by atoms with Crippen LogP contribution < -0.4 is 15.2 Å². The summed E-state index contributed by atoms with van der Waals surface area (Å²) in [5, 5.41) is 4.44. The van der Waals surface area contributed by atoms with Crippen molar-refractivity contribution < 1.29 is 13.2 Å². The lowest BCUT2D eigenvalue weighted by Crippen LogP contribution is -2.50. The van der Waals surface area contributed by atoms with Crippen LogP contribution in [0.4, 0.5) is 5.69 Å². The Bertz CT molecular complexity index is 1460. The van der Waals surface area contributed by atoms with Gasteiger partial charge >= 0.3 is 5.56 Å². The first-order chi connectivity index (χ1) is 17.7. The molecule has 1 fully saturated rings. The maximum atomic E-state index is 13.7. The molecule has 8 nitrogen and oxygen atoms in total. The van der Waals surface area contributed by atoms with Crippen LogP contribution in [0.1, 0.15) is 37.8 Å². The smallest absolute Gasteiger partial charge is 0.316 e. The molecule has 0 unspecified atom stereocenters. The molecule has 0 spiro atoms. The van der Waals surface area contributed by atoms with Gasteiger partial charge in [-0.25, -0.2) is 8.42 Å². The molecule has 1 aliphatic carbocycles. The van der Waals surface area contributed by atoms with Gasteiger partial charge in [-0.15, -0.1) is 0 Å². The first-order valence-electron chi connectivity index (χ1n) is 12.7. The van der Waals surface area contributed by atoms with Gasteiger partial charge in [0, 0.05) is 31.2 Å². The van der Waals surface area contributed by atoms with Gasteiger partial charge in [0.15, 0.2) is 0 Å². The summed E-state index contributed by atoms with van der Waals surface area (Å²) in [7, 11) is -3.35. The Hall–Kier alpha value is -2.88. The minimum absolute atomic E-state index is 0.158. The largest absolute Gasteiger partial charge is 0.449 e. The molecule has 2 aromatic carbocycles. The van der Waals surface area contributed by atoms with Crippen LogP contribution in [0.5, 0.6) is 11.5 Å². The molecule has 2 aliphatic rings. The second-order valence-corrected chi connectivity index (χ2v) is 12.7. The topological polar surface area (TPSA) is 84.7 Å². The zero-order chi connectivity index (χ0) is 26.2. The van der Waals surface area contributed by atoms with Gasteiger partial charge in [0.2, 0.25) is 15.8 Å². The second-order valence-electron chi connectivity index (χ2n) is 9.78. The number of anilines is 1. The summed E-state index contributed by atoms with van der Waals surface area (Å²) in [4.78, 5) is 15.7. The van der Waals surface area contributed by atoms with E-state index >= 15 is 0 Å². The fraction of sp³-hybridized carbons (Fsp3) is 0.407. The highest BCUT2D eigenvalue weighted by molar-refractivity contribution is 7.89. The third-order valence-corrected chi connectivity index (χ3v) is 9.55. The first kappa shape index (κ1) is 25.8. The van der Waals surface area contributed by atoms with Crippen LogP contribution in [0.15, 0.2) is 53.5 Å². The van der Waals surface area contributed by atoms with Crippen molar-refractivity contribution in [1.29, 1.82) is 0 Å². The summed E-state index contributed by atoms with van der Waals surface area (Å²) in [5.41, 5.74) is 3.25. The van der Waals surface area contributed by atoms with E-state index in [1.807, 2.05) is 17.0 Å². The maximum Gasteiger partial charge on any atom is 0.316 e. The van der Waals surface area contributed by atoms with Gasteiger partial charge in [-0.05, 0) is 81.0 Å². The molecule has 0 N–H and O–H groups in total. The minimum Gasteiger partial charge on any atom is -0.449 e. The molecule has 5 rings (SSSR count). The lowest BCUT2D eigenvalue weighted by molar-refractivity contribution is 0.378. The lowest BCUT2D eigenvalue weighted by Gasteiger charge is -2.36. The van der Waals surface area contributed by atoms with E-state index in [1.165, 1.54) is 26.5 Å². The Balaban J connectivity index is 1.51. The van der Waals surface area contributed by atoms with E-state index in [0.717, 1.165) is 19.3 Å². The molecule has 37 heavy (non-hydrogen) atoms. The van der Waals surface area contributed by atoms with Gasteiger partial charge in [0.1, 0.15) is 11.4 Å². The van der Waals surface area contributed by atoms with Gasteiger partial charge in [0.25, 0.3) is 0 Å². The average Bonchev–Trinajstić information content (AvgIpc) is 2.89. The number of sulfonamides is 1. The number of fused-ring (bicyclic) bond motifs is 1. The molecule has 0 amide bonds. The molecule has 1 saturated heterocycles. The molecule has 1 aromatic heterocycles. The maximum absolute atomic E-state index is 13.7. The Morgan fingerprint density at radius 3 is 2.41 bits per heavy atom. The number of hydrogen-bond donors (Lipinski definition) is 0. The van der Waals surface area contributed by atoms with Crippen LogP contribution >= 0.6 is 11.6 Å². The molecule has 0 bridgehead atoms. The molecular formula is C27H31ClN4O4S. The number of aromatic nitrogens is 2. The third-order valence-electron chi connectivity index (χ3n) is 7.04. The summed E-state index contributed by atoms with van der Waals surface area (Å²) in [5.74, 6) is 0.759. The molecule has 196 valence electrons. The van der Waals surface area contributed by atoms with Crippen LogP contribution in [0.3, 0.4) is 0 Å². The van der Waals surface area contributed by atoms with Crippen molar-refractivity contribution in [3.63, 3.8) is 0 Å². The standard InChI is InChI=1S/C27H31ClN4O4S/c1-19(2)37(34,35)31-14-12-30(13-15-31)25-18-29-32(23-9-5-8-22(28)17-23)27(33)26(25)36-24-11-10-20-6-3-4-7-21(20)16-24/h5,8-11,16-19H,3-4,6-7,12-15H2,1-2H3. The van der Waals surface area contributed by atoms with Crippen molar-refractivity contribution in [1.82, 2.24) is 14.1 Å². The number of ether oxygens (including phenoxy) is 1. The first-order valence-corrected chi connectivity index (χ1v) is 14.5. The number of halogens is 1. The van der Waals surface area contributed by atoms with Crippen molar-refractivity contribution in [3.8, 4) is 17.2 Å². The zero-order valence-corrected chi connectivity index (χ0v) is 22.6. The fourth-order valence-electron chi connectivity index (χ4n) is 4.91. The van der Waals surface area contributed by atoms with Gasteiger partial charge < -0.3 is 9.64 Å². The fourth-order valence-corrected chi connectivity index (χ4v) is 6.37. The van der Waals surface area contributed by atoms with E-state index in [9.17, 15) is 13.2 Å². The monoisotopic (exact) mass is 542 g/mol. The summed E-state index contributed by atoms with van der Waals surface area (Å²) < 4.78 is 34.4. The minimum atomic E-state index is -3.35. The predicted molar refractivity (Wildman–Crippen MR) is 146 cm³/mol. The average molecular weight is 543 g/mol. The van der Waals surface area contributed by atoms with Crippen molar-refractivity contribution >= 4 is 27.3 Å². The third kappa shape index (κ3) is 5.26. The highest BCUT2D eigenvalue weighted by atomic mass is 35.5. The van der Waals surface area contributed by atoms with Gasteiger partial charge in [-0.3, -0.25) is 4.79 Å². The van der Waals surface area contributed by atoms with Crippen LogP contribution in [0.25, 0.3) is 5.69 Å². The molecule has 0 saturated carbocycles. The predicted octanol–water partition coefficient (Wildman–Crippen LogP) is 4.42. The number of aryl methyl sites for hydroxylation is 2. The van der Waals surface area contributed by atoms with Crippen molar-refractivity contribution in [2.75, 3.05) is 31.1 Å². The second kappa shape index (κ2) is 10.5. The Kier molecular flexibility index (Phi) is 7.29. The van der Waals surface area contributed by atoms with E-state index in [2.05, 4.69) is 11.2 Å². The molecule has 10 heteroatoms. The van der Waals surface area contributed by atoms with E-state index in [4.69, 9.17) is 16.3 Å². The summed E-state index contributed by atoms with van der Waals surface area (Å²) >= 11 is 6.17. The Morgan fingerprint density at radius 1 is 0.973 bits per heavy atom. The van der Waals surface area contributed by atoms with Crippen molar-refractivity contribution in [2.24, 2.45) is 0 Å². The highest BCUT2D eigenvalue weighted by Crippen LogP contribution is 2.33. The molecule has 2 heterocycles. The van der Waals surface area contributed by atoms with E-state index in [-0.39, 0.29) is 5.75 Å². The Morgan fingerprint density at radius 2 is 1.70 bits per heavy atom. The van der Waals surface area contributed by atoms with Crippen molar-refractivity contribution in [2.45, 2.75) is 44.8 Å². The number of piperazine rings is 1.